The maximum Gasteiger partial charge on any atom is 0.387 e. The molecular weight excluding hydrogens is 336 g/mol. The van der Waals surface area contributed by atoms with Gasteiger partial charge in [-0.3, -0.25) is 4.79 Å². The summed E-state index contributed by atoms with van der Waals surface area (Å²) in [5.74, 6) is -0.245. The maximum absolute atomic E-state index is 12.2. The molecule has 0 saturated carbocycles. The summed E-state index contributed by atoms with van der Waals surface area (Å²) in [5.41, 5.74) is 2.12. The number of nitrogens with one attached hydrogen (secondary N) is 1. The van der Waals surface area contributed by atoms with Crippen LogP contribution in [0.4, 0.5) is 14.5 Å². The monoisotopic (exact) mass is 353 g/mol. The Morgan fingerprint density at radius 1 is 1.08 bits per heavy atom. The molecule has 1 amide bonds. The Morgan fingerprint density at radius 2 is 1.85 bits per heavy atom. The van der Waals surface area contributed by atoms with E-state index in [1.165, 1.54) is 24.3 Å². The third-order valence-corrected chi connectivity index (χ3v) is 3.92. The fraction of sp³-hybridized carbons (Fsp3) is 0.0952. The van der Waals surface area contributed by atoms with Crippen molar-refractivity contribution >= 4 is 28.4 Å². The SMILES string of the molecule is Cc1cc(OC(F)F)ccc1NC(=O)/C=C/c1cccc2ccccc12. The Morgan fingerprint density at radius 3 is 2.62 bits per heavy atom. The summed E-state index contributed by atoms with van der Waals surface area (Å²) in [6, 6.07) is 18.2. The van der Waals surface area contributed by atoms with E-state index >= 15 is 0 Å². The Balaban J connectivity index is 1.73. The fourth-order valence-electron chi connectivity index (χ4n) is 2.69. The highest BCUT2D eigenvalue weighted by Gasteiger charge is 2.07. The van der Waals surface area contributed by atoms with Gasteiger partial charge in [-0.15, -0.1) is 0 Å². The Bertz CT molecular complexity index is 962. The Hall–Kier alpha value is -3.21. The van der Waals surface area contributed by atoms with Crippen LogP contribution >= 0.6 is 0 Å². The van der Waals surface area contributed by atoms with Crippen LogP contribution in [0.25, 0.3) is 16.8 Å². The first-order valence-electron chi connectivity index (χ1n) is 8.05. The number of rotatable bonds is 5. The minimum Gasteiger partial charge on any atom is -0.435 e. The second-order valence-corrected chi connectivity index (χ2v) is 5.75. The second kappa shape index (κ2) is 7.78. The summed E-state index contributed by atoms with van der Waals surface area (Å²) in [6.07, 6.45) is 3.20. The third kappa shape index (κ3) is 4.25. The van der Waals surface area contributed by atoms with Gasteiger partial charge in [0.15, 0.2) is 0 Å². The van der Waals surface area contributed by atoms with Gasteiger partial charge in [0.1, 0.15) is 5.75 Å². The molecule has 5 heteroatoms. The number of hydrogen-bond donors (Lipinski definition) is 1. The van der Waals surface area contributed by atoms with Crippen molar-refractivity contribution in [3.05, 3.63) is 77.9 Å². The quantitative estimate of drug-likeness (QED) is 0.624. The first kappa shape index (κ1) is 17.6. The highest BCUT2D eigenvalue weighted by Crippen LogP contribution is 2.23. The van der Waals surface area contributed by atoms with E-state index in [1.54, 1.807) is 13.0 Å². The number of fused-ring (bicyclic) bond motifs is 1. The van der Waals surface area contributed by atoms with E-state index in [0.717, 1.165) is 16.3 Å². The molecule has 3 nitrogen and oxygen atoms in total. The van der Waals surface area contributed by atoms with Crippen molar-refractivity contribution in [3.63, 3.8) is 0 Å². The third-order valence-electron chi connectivity index (χ3n) is 3.92. The lowest BCUT2D eigenvalue weighted by atomic mass is 10.0. The lowest BCUT2D eigenvalue weighted by Crippen LogP contribution is -2.09. The molecule has 0 fully saturated rings. The summed E-state index contributed by atoms with van der Waals surface area (Å²) in [5, 5.41) is 4.90. The van der Waals surface area contributed by atoms with Crippen LogP contribution < -0.4 is 10.1 Å². The van der Waals surface area contributed by atoms with Crippen LogP contribution in [0.3, 0.4) is 0 Å². The number of aryl methyl sites for hydroxylation is 1. The zero-order chi connectivity index (χ0) is 18.5. The van der Waals surface area contributed by atoms with Gasteiger partial charge in [0.25, 0.3) is 0 Å². The van der Waals surface area contributed by atoms with Gasteiger partial charge in [0, 0.05) is 11.8 Å². The highest BCUT2D eigenvalue weighted by molar-refractivity contribution is 6.04. The van der Waals surface area contributed by atoms with E-state index in [0.29, 0.717) is 11.3 Å². The lowest BCUT2D eigenvalue weighted by molar-refractivity contribution is -0.111. The zero-order valence-electron chi connectivity index (χ0n) is 14.1. The molecule has 0 bridgehead atoms. The number of hydrogen-bond acceptors (Lipinski definition) is 2. The number of carbonyl (C=O) groups is 1. The molecule has 0 aliphatic rings. The van der Waals surface area contributed by atoms with Gasteiger partial charge < -0.3 is 10.1 Å². The summed E-state index contributed by atoms with van der Waals surface area (Å²) in [7, 11) is 0. The van der Waals surface area contributed by atoms with Crippen LogP contribution in [0.1, 0.15) is 11.1 Å². The van der Waals surface area contributed by atoms with Crippen LogP contribution in [-0.2, 0) is 4.79 Å². The van der Waals surface area contributed by atoms with Crippen LogP contribution in [0.15, 0.2) is 66.7 Å². The number of benzene rings is 3. The van der Waals surface area contributed by atoms with Crippen molar-refractivity contribution in [2.45, 2.75) is 13.5 Å². The molecule has 0 aromatic heterocycles. The van der Waals surface area contributed by atoms with Gasteiger partial charge in [-0.05, 0) is 53.1 Å². The van der Waals surface area contributed by atoms with Crippen molar-refractivity contribution in [3.8, 4) is 5.75 Å². The molecule has 26 heavy (non-hydrogen) atoms. The molecular formula is C21H17F2NO2. The van der Waals surface area contributed by atoms with Crippen molar-refractivity contribution in [2.75, 3.05) is 5.32 Å². The predicted octanol–water partition coefficient (Wildman–Crippen LogP) is 5.40. The number of anilines is 1. The van der Waals surface area contributed by atoms with Crippen molar-refractivity contribution in [1.82, 2.24) is 0 Å². The molecule has 3 rings (SSSR count). The standard InChI is InChI=1S/C21H17F2NO2/c1-14-13-17(26-21(22)23)10-11-19(14)24-20(25)12-9-16-7-4-6-15-5-2-3-8-18(15)16/h2-13,21H,1H3,(H,24,25)/b12-9+. The largest absolute Gasteiger partial charge is 0.435 e. The second-order valence-electron chi connectivity index (χ2n) is 5.75. The molecule has 0 unspecified atom stereocenters. The zero-order valence-corrected chi connectivity index (χ0v) is 14.1. The molecule has 0 aliphatic carbocycles. The minimum absolute atomic E-state index is 0.0572. The summed E-state index contributed by atoms with van der Waals surface area (Å²) in [4.78, 5) is 12.2. The minimum atomic E-state index is -2.88. The van der Waals surface area contributed by atoms with Gasteiger partial charge in [0.05, 0.1) is 0 Å². The van der Waals surface area contributed by atoms with E-state index in [4.69, 9.17) is 0 Å². The number of amides is 1. The van der Waals surface area contributed by atoms with Gasteiger partial charge >= 0.3 is 6.61 Å². The molecule has 3 aromatic rings. The van der Waals surface area contributed by atoms with Gasteiger partial charge in [-0.25, -0.2) is 0 Å². The van der Waals surface area contributed by atoms with Crippen LogP contribution in [0, 0.1) is 6.92 Å². The van der Waals surface area contributed by atoms with E-state index in [-0.39, 0.29) is 11.7 Å². The summed E-state index contributed by atoms with van der Waals surface area (Å²) >= 11 is 0. The molecule has 0 heterocycles. The first-order chi connectivity index (χ1) is 12.5. The van der Waals surface area contributed by atoms with Gasteiger partial charge in [-0.2, -0.15) is 8.78 Å². The van der Waals surface area contributed by atoms with E-state index in [9.17, 15) is 13.6 Å². The molecule has 0 spiro atoms. The van der Waals surface area contributed by atoms with Gasteiger partial charge in [-0.1, -0.05) is 42.5 Å². The summed E-state index contributed by atoms with van der Waals surface area (Å²) in [6.45, 7) is -1.17. The molecule has 132 valence electrons. The molecule has 1 N–H and O–H groups in total. The normalized spacial score (nSPS) is 11.2. The molecule has 0 radical (unpaired) electrons. The molecule has 0 aliphatic heterocycles. The van der Waals surface area contributed by atoms with Crippen LogP contribution in [-0.4, -0.2) is 12.5 Å². The molecule has 0 saturated heterocycles. The van der Waals surface area contributed by atoms with E-state index in [1.807, 2.05) is 42.5 Å². The lowest BCUT2D eigenvalue weighted by Gasteiger charge is -2.10. The van der Waals surface area contributed by atoms with Crippen LogP contribution in [0.5, 0.6) is 5.75 Å². The van der Waals surface area contributed by atoms with Crippen molar-refractivity contribution in [1.29, 1.82) is 0 Å². The smallest absolute Gasteiger partial charge is 0.387 e. The van der Waals surface area contributed by atoms with E-state index in [2.05, 4.69) is 10.1 Å². The topological polar surface area (TPSA) is 38.3 Å². The van der Waals surface area contributed by atoms with Gasteiger partial charge in [0.2, 0.25) is 5.91 Å². The predicted molar refractivity (Wildman–Crippen MR) is 99.4 cm³/mol. The Labute approximate surface area is 149 Å². The molecule has 3 aromatic carbocycles. The fourth-order valence-corrected chi connectivity index (χ4v) is 2.69. The van der Waals surface area contributed by atoms with Crippen LogP contribution in [0.2, 0.25) is 0 Å². The van der Waals surface area contributed by atoms with Crippen molar-refractivity contribution < 1.29 is 18.3 Å². The van der Waals surface area contributed by atoms with Crippen molar-refractivity contribution in [2.24, 2.45) is 0 Å². The first-order valence-corrected chi connectivity index (χ1v) is 8.05. The highest BCUT2D eigenvalue weighted by atomic mass is 19.3. The number of carbonyl (C=O) groups excluding carboxylic acids is 1. The maximum atomic E-state index is 12.2. The molecule has 0 atom stereocenters. The average molecular weight is 353 g/mol. The summed E-state index contributed by atoms with van der Waals surface area (Å²) < 4.78 is 28.8. The number of alkyl halides is 2. The average Bonchev–Trinajstić information content (AvgIpc) is 2.62. The number of halogens is 2. The Kier molecular flexibility index (Phi) is 5.27. The number of ether oxygens (including phenoxy) is 1. The van der Waals surface area contributed by atoms with E-state index < -0.39 is 6.61 Å².